The van der Waals surface area contributed by atoms with Crippen LogP contribution >= 0.6 is 0 Å². The van der Waals surface area contributed by atoms with E-state index in [9.17, 15) is 4.79 Å². The first-order valence-corrected chi connectivity index (χ1v) is 8.68. The summed E-state index contributed by atoms with van der Waals surface area (Å²) in [6.45, 7) is 9.97. The molecule has 0 radical (unpaired) electrons. The van der Waals surface area contributed by atoms with Crippen LogP contribution in [0.3, 0.4) is 0 Å². The maximum absolute atomic E-state index is 12.6. The molecule has 0 spiro atoms. The molecule has 2 heterocycles. The van der Waals surface area contributed by atoms with Gasteiger partial charge < -0.3 is 15.2 Å². The van der Waals surface area contributed by atoms with Gasteiger partial charge >= 0.3 is 0 Å². The summed E-state index contributed by atoms with van der Waals surface area (Å²) < 4.78 is 5.02. The van der Waals surface area contributed by atoms with E-state index in [1.807, 2.05) is 24.3 Å². The summed E-state index contributed by atoms with van der Waals surface area (Å²) in [5.41, 5.74) is 2.25. The number of aromatic nitrogens is 3. The highest BCUT2D eigenvalue weighted by molar-refractivity contribution is 6.03. The second-order valence-electron chi connectivity index (χ2n) is 7.41. The molecule has 2 N–H and O–H groups in total. The van der Waals surface area contributed by atoms with Gasteiger partial charge in [-0.15, -0.1) is 0 Å². The van der Waals surface area contributed by atoms with Crippen molar-refractivity contribution in [3.8, 4) is 0 Å². The van der Waals surface area contributed by atoms with E-state index in [-0.39, 0.29) is 17.0 Å². The van der Waals surface area contributed by atoms with Gasteiger partial charge in [0.25, 0.3) is 5.91 Å². The third-order valence-electron chi connectivity index (χ3n) is 3.96. The topological polar surface area (TPSA) is 92.9 Å². The highest BCUT2D eigenvalue weighted by atomic mass is 16.5. The number of hydrogen-bond donors (Lipinski definition) is 2. The Bertz CT molecular complexity index is 955. The van der Waals surface area contributed by atoms with Crippen molar-refractivity contribution in [2.24, 2.45) is 0 Å². The molecule has 7 nitrogen and oxygen atoms in total. The average molecular weight is 365 g/mol. The standard InChI is InChI=1S/C20H23N5O2/c1-12-10-18(25-27-12)24-17-11-16(21-13(2)22-17)19(26)23-15-8-6-14(7-9-15)20(3,4)5/h6-11H,1-5H3,(H,23,26)(H,21,22,24,25). The summed E-state index contributed by atoms with van der Waals surface area (Å²) in [5, 5.41) is 9.74. The largest absolute Gasteiger partial charge is 0.360 e. The molecular weight excluding hydrogens is 342 g/mol. The van der Waals surface area contributed by atoms with Gasteiger partial charge in [-0.05, 0) is 37.0 Å². The van der Waals surface area contributed by atoms with Gasteiger partial charge in [0.2, 0.25) is 0 Å². The molecule has 0 atom stereocenters. The van der Waals surface area contributed by atoms with Crippen molar-refractivity contribution in [3.05, 3.63) is 59.2 Å². The van der Waals surface area contributed by atoms with E-state index in [2.05, 4.69) is 46.5 Å². The minimum Gasteiger partial charge on any atom is -0.360 e. The van der Waals surface area contributed by atoms with Crippen LogP contribution in [0, 0.1) is 13.8 Å². The van der Waals surface area contributed by atoms with Crippen LogP contribution in [0.25, 0.3) is 0 Å². The van der Waals surface area contributed by atoms with Crippen molar-refractivity contribution in [1.29, 1.82) is 0 Å². The van der Waals surface area contributed by atoms with E-state index in [0.717, 1.165) is 0 Å². The van der Waals surface area contributed by atoms with E-state index in [0.29, 0.717) is 28.9 Å². The van der Waals surface area contributed by atoms with E-state index in [1.54, 1.807) is 26.0 Å². The quantitative estimate of drug-likeness (QED) is 0.713. The monoisotopic (exact) mass is 365 g/mol. The maximum Gasteiger partial charge on any atom is 0.274 e. The van der Waals surface area contributed by atoms with Crippen molar-refractivity contribution < 1.29 is 9.32 Å². The fraction of sp³-hybridized carbons (Fsp3) is 0.300. The Labute approximate surface area is 158 Å². The Morgan fingerprint density at radius 3 is 2.30 bits per heavy atom. The molecule has 0 aliphatic carbocycles. The molecule has 27 heavy (non-hydrogen) atoms. The normalized spacial score (nSPS) is 11.3. The Kier molecular flexibility index (Phi) is 4.94. The summed E-state index contributed by atoms with van der Waals surface area (Å²) in [6.07, 6.45) is 0. The van der Waals surface area contributed by atoms with Gasteiger partial charge in [-0.3, -0.25) is 4.79 Å². The molecule has 1 amide bonds. The van der Waals surface area contributed by atoms with Gasteiger partial charge in [-0.1, -0.05) is 38.1 Å². The number of rotatable bonds is 4. The van der Waals surface area contributed by atoms with Gasteiger partial charge in [-0.25, -0.2) is 9.97 Å². The molecule has 1 aromatic carbocycles. The minimum absolute atomic E-state index is 0.0619. The summed E-state index contributed by atoms with van der Waals surface area (Å²) >= 11 is 0. The van der Waals surface area contributed by atoms with E-state index in [1.165, 1.54) is 5.56 Å². The van der Waals surface area contributed by atoms with Crippen LogP contribution in [0.2, 0.25) is 0 Å². The molecule has 0 bridgehead atoms. The molecule has 0 saturated carbocycles. The number of nitrogens with zero attached hydrogens (tertiary/aromatic N) is 3. The summed E-state index contributed by atoms with van der Waals surface area (Å²) in [6, 6.07) is 11.1. The third kappa shape index (κ3) is 4.69. The van der Waals surface area contributed by atoms with Gasteiger partial charge in [0.1, 0.15) is 23.1 Å². The predicted octanol–water partition coefficient (Wildman–Crippen LogP) is 4.37. The molecule has 0 unspecified atom stereocenters. The number of aryl methyl sites for hydroxylation is 2. The van der Waals surface area contributed by atoms with Crippen molar-refractivity contribution in [3.63, 3.8) is 0 Å². The molecule has 3 rings (SSSR count). The molecular formula is C20H23N5O2. The SMILES string of the molecule is Cc1nc(Nc2cc(C)on2)cc(C(=O)Nc2ccc(C(C)(C)C)cc2)n1. The van der Waals surface area contributed by atoms with E-state index in [4.69, 9.17) is 4.52 Å². The smallest absolute Gasteiger partial charge is 0.274 e. The Balaban J connectivity index is 1.76. The third-order valence-corrected chi connectivity index (χ3v) is 3.96. The van der Waals surface area contributed by atoms with Crippen LogP contribution < -0.4 is 10.6 Å². The number of amides is 1. The Hall–Kier alpha value is -3.22. The van der Waals surface area contributed by atoms with Crippen molar-refractivity contribution in [1.82, 2.24) is 15.1 Å². The summed E-state index contributed by atoms with van der Waals surface area (Å²) in [5.74, 6) is 1.86. The van der Waals surface area contributed by atoms with Crippen molar-refractivity contribution >= 4 is 23.2 Å². The van der Waals surface area contributed by atoms with Crippen LogP contribution in [-0.4, -0.2) is 21.0 Å². The highest BCUT2D eigenvalue weighted by Gasteiger charge is 2.15. The molecule has 3 aromatic rings. The molecule has 0 aliphatic rings. The zero-order valence-corrected chi connectivity index (χ0v) is 16.1. The second-order valence-corrected chi connectivity index (χ2v) is 7.41. The number of hydrogen-bond acceptors (Lipinski definition) is 6. The second kappa shape index (κ2) is 7.19. The lowest BCUT2D eigenvalue weighted by Gasteiger charge is -2.19. The van der Waals surface area contributed by atoms with Crippen LogP contribution in [-0.2, 0) is 5.41 Å². The molecule has 140 valence electrons. The molecule has 0 fully saturated rings. The minimum atomic E-state index is -0.302. The van der Waals surface area contributed by atoms with Crippen LogP contribution in [0.4, 0.5) is 17.3 Å². The molecule has 7 heteroatoms. The summed E-state index contributed by atoms with van der Waals surface area (Å²) in [7, 11) is 0. The van der Waals surface area contributed by atoms with Crippen molar-refractivity contribution in [2.75, 3.05) is 10.6 Å². The summed E-state index contributed by atoms with van der Waals surface area (Å²) in [4.78, 5) is 21.1. The zero-order valence-electron chi connectivity index (χ0n) is 16.1. The first-order chi connectivity index (χ1) is 12.7. The Morgan fingerprint density at radius 2 is 1.70 bits per heavy atom. The predicted molar refractivity (Wildman–Crippen MR) is 104 cm³/mol. The molecule has 0 aliphatic heterocycles. The number of carbonyl (C=O) groups is 1. The average Bonchev–Trinajstić information content (AvgIpc) is 2.99. The number of nitrogens with one attached hydrogen (secondary N) is 2. The van der Waals surface area contributed by atoms with Gasteiger partial charge in [0.05, 0.1) is 0 Å². The zero-order chi connectivity index (χ0) is 19.6. The van der Waals surface area contributed by atoms with Crippen molar-refractivity contribution in [2.45, 2.75) is 40.0 Å². The van der Waals surface area contributed by atoms with E-state index >= 15 is 0 Å². The van der Waals surface area contributed by atoms with Crippen LogP contribution in [0.5, 0.6) is 0 Å². The number of benzene rings is 1. The number of carbonyl (C=O) groups excluding carboxylic acids is 1. The first-order valence-electron chi connectivity index (χ1n) is 8.68. The highest BCUT2D eigenvalue weighted by Crippen LogP contribution is 2.24. The lowest BCUT2D eigenvalue weighted by atomic mass is 9.87. The van der Waals surface area contributed by atoms with E-state index < -0.39 is 0 Å². The van der Waals surface area contributed by atoms with Gasteiger partial charge in [0.15, 0.2) is 5.82 Å². The molecule has 0 saturated heterocycles. The Morgan fingerprint density at radius 1 is 1.00 bits per heavy atom. The molecule has 2 aromatic heterocycles. The maximum atomic E-state index is 12.6. The first kappa shape index (κ1) is 18.6. The fourth-order valence-corrected chi connectivity index (χ4v) is 2.55. The van der Waals surface area contributed by atoms with Crippen LogP contribution in [0.15, 0.2) is 40.9 Å². The van der Waals surface area contributed by atoms with Gasteiger partial charge in [0, 0.05) is 17.8 Å². The van der Waals surface area contributed by atoms with Crippen LogP contribution in [0.1, 0.15) is 48.4 Å². The fourth-order valence-electron chi connectivity index (χ4n) is 2.55. The van der Waals surface area contributed by atoms with Gasteiger partial charge in [-0.2, -0.15) is 0 Å². The lowest BCUT2D eigenvalue weighted by Crippen LogP contribution is -2.16. The lowest BCUT2D eigenvalue weighted by molar-refractivity contribution is 0.102. The number of anilines is 3.